The van der Waals surface area contributed by atoms with Crippen LogP contribution in [0.2, 0.25) is 0 Å². The van der Waals surface area contributed by atoms with Crippen LogP contribution in [0.5, 0.6) is 0 Å². The monoisotopic (exact) mass is 1640 g/mol. The molecule has 12 aromatic carbocycles. The van der Waals surface area contributed by atoms with E-state index in [4.69, 9.17) is 0 Å². The van der Waals surface area contributed by atoms with Crippen molar-refractivity contribution < 1.29 is 0 Å². The summed E-state index contributed by atoms with van der Waals surface area (Å²) in [7, 11) is 19.2. The zero-order chi connectivity index (χ0) is 88.1. The van der Waals surface area contributed by atoms with Gasteiger partial charge in [-0.1, -0.05) is 254 Å². The van der Waals surface area contributed by atoms with E-state index < -0.39 is 0 Å². The van der Waals surface area contributed by atoms with Gasteiger partial charge in [-0.15, -0.1) is 0 Å². The summed E-state index contributed by atoms with van der Waals surface area (Å²) in [5, 5.41) is 5.49. The molecule has 0 spiro atoms. The highest BCUT2D eigenvalue weighted by Crippen LogP contribution is 2.36. The predicted molar refractivity (Wildman–Crippen MR) is 548 cm³/mol. The number of aryl methyl sites for hydroxylation is 11. The molecule has 0 saturated heterocycles. The third-order valence-electron chi connectivity index (χ3n) is 23.3. The maximum Gasteiger partial charge on any atom is 0.0524 e. The second-order valence-electron chi connectivity index (χ2n) is 32.0. The minimum absolute atomic E-state index is 0. The highest BCUT2D eigenvalue weighted by Gasteiger charge is 2.20. The number of likely N-dealkylation sites (N-methyl/N-ethyl adjacent to an activating group) is 2. The number of benzene rings is 12. The van der Waals surface area contributed by atoms with E-state index in [1.54, 1.807) is 0 Å². The zero-order valence-corrected chi connectivity index (χ0v) is 78.9. The smallest absolute Gasteiger partial charge is 0.0524 e. The Morgan fingerprint density at radius 2 is 0.492 bits per heavy atom. The first-order valence-corrected chi connectivity index (χ1v) is 44.5. The Morgan fingerprint density at radius 3 is 0.787 bits per heavy atom. The molecule has 0 aliphatic carbocycles. The summed E-state index contributed by atoms with van der Waals surface area (Å²) in [6, 6.07) is 96.3. The van der Waals surface area contributed by atoms with Crippen LogP contribution in [0.3, 0.4) is 0 Å². The van der Waals surface area contributed by atoms with E-state index in [0.29, 0.717) is 0 Å². The highest BCUT2D eigenvalue weighted by molar-refractivity contribution is 6.10. The number of hydrogen-bond donors (Lipinski definition) is 0. The molecule has 0 N–H and O–H groups in total. The van der Waals surface area contributed by atoms with Crippen molar-refractivity contribution in [2.75, 3.05) is 148 Å². The van der Waals surface area contributed by atoms with Crippen molar-refractivity contribution in [2.45, 2.75) is 157 Å². The van der Waals surface area contributed by atoms with Gasteiger partial charge in [-0.25, -0.2) is 0 Å². The Labute approximate surface area is 739 Å². The molecular weight excluding hydrogens is 1490 g/mol. The molecule has 0 unspecified atom stereocenters. The third-order valence-corrected chi connectivity index (χ3v) is 23.3. The maximum absolute atomic E-state index is 2.46. The summed E-state index contributed by atoms with van der Waals surface area (Å²) in [4.78, 5) is 18.3. The topological polar surface area (TPSA) is 35.8 Å². The first-order valence-electron chi connectivity index (χ1n) is 44.5. The van der Waals surface area contributed by atoms with Crippen LogP contribution < -0.4 is 39.2 Å². The molecular formula is C112H152N10. The van der Waals surface area contributed by atoms with Gasteiger partial charge in [0.05, 0.1) is 5.52 Å². The van der Waals surface area contributed by atoms with Crippen LogP contribution in [0.1, 0.15) is 137 Å². The third kappa shape index (κ3) is 27.3. The lowest BCUT2D eigenvalue weighted by atomic mass is 10.1. The average Bonchev–Trinajstić information content (AvgIpc) is 1.58. The van der Waals surface area contributed by atoms with Gasteiger partial charge in [0.1, 0.15) is 0 Å². The van der Waals surface area contributed by atoms with Crippen LogP contribution in [0.25, 0.3) is 43.6 Å². The molecule has 5 heterocycles. The number of fused-ring (bicyclic) bond motifs is 8. The summed E-state index contributed by atoms with van der Waals surface area (Å²) in [6.45, 7) is 44.3. The van der Waals surface area contributed by atoms with Gasteiger partial charge in [0.2, 0.25) is 0 Å². The molecule has 0 saturated carbocycles. The predicted octanol–water partition coefficient (Wildman–Crippen LogP) is 27.8. The van der Waals surface area contributed by atoms with Crippen molar-refractivity contribution in [1.82, 2.24) is 9.13 Å². The fourth-order valence-electron chi connectivity index (χ4n) is 16.2. The minimum atomic E-state index is 0. The summed E-state index contributed by atoms with van der Waals surface area (Å²) in [6.07, 6.45) is 6.02. The summed E-state index contributed by atoms with van der Waals surface area (Å²) < 4.78 is 4.70. The molecule has 0 atom stereocenters. The molecule has 3 aliphatic rings. The molecule has 17 rings (SSSR count). The van der Waals surface area contributed by atoms with Crippen molar-refractivity contribution in [1.29, 1.82) is 0 Å². The maximum atomic E-state index is 2.46. The first-order chi connectivity index (χ1) is 58.4. The van der Waals surface area contributed by atoms with Gasteiger partial charge in [-0.3, -0.25) is 0 Å². The quantitative estimate of drug-likeness (QED) is 0.107. The number of aromatic nitrogens is 2. The van der Waals surface area contributed by atoms with Crippen LogP contribution in [0.4, 0.5) is 45.5 Å². The van der Waals surface area contributed by atoms with Crippen LogP contribution in [0, 0.1) is 55.4 Å². The lowest BCUT2D eigenvalue weighted by Gasteiger charge is -2.20. The fourth-order valence-corrected chi connectivity index (χ4v) is 16.2. The van der Waals surface area contributed by atoms with Crippen LogP contribution in [0.15, 0.2) is 273 Å². The largest absolute Gasteiger partial charge is 0.375 e. The molecule has 14 aromatic rings. The Kier molecular flexibility index (Phi) is 41.9. The van der Waals surface area contributed by atoms with Gasteiger partial charge in [0, 0.05) is 206 Å². The zero-order valence-electron chi connectivity index (χ0n) is 78.9. The van der Waals surface area contributed by atoms with Gasteiger partial charge in [0.15, 0.2) is 0 Å². The number of hydrogen-bond acceptors (Lipinski definition) is 8. The van der Waals surface area contributed by atoms with Crippen LogP contribution in [-0.4, -0.2) is 118 Å². The number of rotatable bonds is 14. The SMILES string of the molecule is C.CC.CCCN(C)c1ccccc1C.CCCN(C)c1ccccc1C.CCN(C)c1ccccc1C.CCN(C)c1ccccc1C.CCN(C)c1ccccc1C.CCN(C)c1ccccc1C.Cc1cccc2c1N(C)CC2.Cc1cccc2c1N(C)CC2.Cn1c2ccccc2c2ccccc21.c1ccc2c(c1)c1cccc3c1n2CC3. The average molecular weight is 1640 g/mol. The second kappa shape index (κ2) is 51.4. The van der Waals surface area contributed by atoms with Gasteiger partial charge in [-0.2, -0.15) is 0 Å². The Hall–Kier alpha value is -11.4. The second-order valence-corrected chi connectivity index (χ2v) is 32.0. The number of nitrogens with zero attached hydrogens (tertiary/aromatic N) is 10. The lowest BCUT2D eigenvalue weighted by molar-refractivity contribution is 0.796. The summed E-state index contributed by atoms with van der Waals surface area (Å²) in [5.41, 5.74) is 31.8. The van der Waals surface area contributed by atoms with Gasteiger partial charge < -0.3 is 48.3 Å². The molecule has 0 fully saturated rings. The molecule has 0 amide bonds. The molecule has 10 heteroatoms. The number of anilines is 8. The lowest BCUT2D eigenvalue weighted by Crippen LogP contribution is -2.18. The molecule has 3 aliphatic heterocycles. The van der Waals surface area contributed by atoms with E-state index in [-0.39, 0.29) is 7.43 Å². The molecule has 0 radical (unpaired) electrons. The van der Waals surface area contributed by atoms with E-state index in [1.807, 2.05) is 13.8 Å². The molecule has 650 valence electrons. The van der Waals surface area contributed by atoms with Crippen molar-refractivity contribution in [2.24, 2.45) is 7.05 Å². The molecule has 10 nitrogen and oxygen atoms in total. The number of para-hydroxylation sites is 12. The Bertz CT molecular complexity index is 5020. The highest BCUT2D eigenvalue weighted by atomic mass is 15.1. The van der Waals surface area contributed by atoms with Crippen LogP contribution >= 0.6 is 0 Å². The standard InChI is InChI=1S/C14H11N.C13H11N.2C11H17N.2C10H13N.4C10H15N.C2H6.CH4/c1-2-7-13-11(5-1)12-6-3-4-10-8-9-15(13)14(10)12;1-14-12-8-4-2-6-10(12)11-7-3-5-9-13(11)14;2*1-4-9-12(3)11-8-6-5-7-10(11)2;2*1-8-4-3-5-9-6-7-11(2)10(8)9;4*1-4-11(3)10-8-6-5-7-9(10)2;1-2;/h1-7H,8-9H2;2-9H,1H3;2*5-8H,4,9H2,1-3H3;2*3-5H,6-7H2,1-2H3;4*5-8H,4H2,1-3H3;1-2H3;1H4. The normalized spacial score (nSPS) is 11.3. The van der Waals surface area contributed by atoms with Crippen LogP contribution in [-0.2, 0) is 32.9 Å². The Morgan fingerprint density at radius 1 is 0.254 bits per heavy atom. The molecule has 122 heavy (non-hydrogen) atoms. The van der Waals surface area contributed by atoms with E-state index in [9.17, 15) is 0 Å². The Balaban J connectivity index is 0.000000210. The summed E-state index contributed by atoms with van der Waals surface area (Å²) in [5.74, 6) is 0. The van der Waals surface area contributed by atoms with E-state index in [1.165, 1.54) is 196 Å². The van der Waals surface area contributed by atoms with E-state index >= 15 is 0 Å². The van der Waals surface area contributed by atoms with Gasteiger partial charge in [0.25, 0.3) is 0 Å². The summed E-state index contributed by atoms with van der Waals surface area (Å²) >= 11 is 0. The molecule has 0 bridgehead atoms. The first kappa shape index (κ1) is 99.5. The molecule has 2 aromatic heterocycles. The fraction of sp³-hybridized carbons (Fsp3) is 0.357. The van der Waals surface area contributed by atoms with Crippen molar-refractivity contribution in [3.05, 3.63) is 334 Å². The van der Waals surface area contributed by atoms with Crippen molar-refractivity contribution >= 4 is 89.1 Å². The van der Waals surface area contributed by atoms with Gasteiger partial charge in [-0.05, 0) is 231 Å². The van der Waals surface area contributed by atoms with Crippen molar-refractivity contribution in [3.63, 3.8) is 0 Å². The van der Waals surface area contributed by atoms with E-state index in [0.717, 1.165) is 45.8 Å². The van der Waals surface area contributed by atoms with Gasteiger partial charge >= 0.3 is 0 Å². The van der Waals surface area contributed by atoms with E-state index in [2.05, 4.69) is 482 Å². The minimum Gasteiger partial charge on any atom is -0.375 e. The van der Waals surface area contributed by atoms with Crippen molar-refractivity contribution in [3.8, 4) is 0 Å².